The molecule has 0 aliphatic heterocycles. The van der Waals surface area contributed by atoms with E-state index >= 15 is 0 Å². The van der Waals surface area contributed by atoms with Gasteiger partial charge in [0, 0.05) is 10.9 Å². The molecule has 112 valence electrons. The first-order valence-electron chi connectivity index (χ1n) is 7.26. The number of carboxylic acid groups (broad SMARTS) is 1. The number of aromatic nitrogens is 1. The predicted octanol–water partition coefficient (Wildman–Crippen LogP) is 3.88. The van der Waals surface area contributed by atoms with E-state index in [0.29, 0.717) is 13.0 Å². The molecule has 0 amide bonds. The Morgan fingerprint density at radius 2 is 1.77 bits per heavy atom. The van der Waals surface area contributed by atoms with Crippen LogP contribution in [-0.4, -0.2) is 22.7 Å². The number of H-pyrrole nitrogens is 1. The van der Waals surface area contributed by atoms with Gasteiger partial charge < -0.3 is 14.8 Å². The normalized spacial score (nSPS) is 10.7. The van der Waals surface area contributed by atoms with Crippen molar-refractivity contribution in [1.82, 2.24) is 4.98 Å². The first kappa shape index (κ1) is 14.2. The summed E-state index contributed by atoms with van der Waals surface area (Å²) in [4.78, 5) is 14.4. The van der Waals surface area contributed by atoms with Gasteiger partial charge in [-0.3, -0.25) is 0 Å². The summed E-state index contributed by atoms with van der Waals surface area (Å²) in [6.45, 7) is 0.558. The van der Waals surface area contributed by atoms with Crippen molar-refractivity contribution in [3.63, 3.8) is 0 Å². The highest BCUT2D eigenvalue weighted by Crippen LogP contribution is 2.24. The molecule has 4 nitrogen and oxygen atoms in total. The van der Waals surface area contributed by atoms with Crippen LogP contribution in [0.4, 0.5) is 0 Å². The van der Waals surface area contributed by atoms with Crippen molar-refractivity contribution in [2.45, 2.75) is 12.8 Å². The van der Waals surface area contributed by atoms with E-state index in [9.17, 15) is 9.90 Å². The molecule has 0 bridgehead atoms. The van der Waals surface area contributed by atoms with Crippen LogP contribution >= 0.6 is 0 Å². The van der Waals surface area contributed by atoms with Crippen LogP contribution in [0.3, 0.4) is 0 Å². The molecule has 0 unspecified atom stereocenters. The van der Waals surface area contributed by atoms with Crippen LogP contribution in [0.5, 0.6) is 5.75 Å². The highest BCUT2D eigenvalue weighted by Gasteiger charge is 2.16. The van der Waals surface area contributed by atoms with Gasteiger partial charge in [0.05, 0.1) is 6.61 Å². The van der Waals surface area contributed by atoms with Crippen LogP contribution in [0.15, 0.2) is 54.6 Å². The lowest BCUT2D eigenvalue weighted by molar-refractivity contribution is 0.0690. The molecule has 0 radical (unpaired) electrons. The molecule has 3 aromatic rings. The molecule has 0 aliphatic rings. The predicted molar refractivity (Wildman–Crippen MR) is 85.5 cm³/mol. The van der Waals surface area contributed by atoms with Crippen LogP contribution in [0, 0.1) is 0 Å². The van der Waals surface area contributed by atoms with Gasteiger partial charge in [0.25, 0.3) is 0 Å². The summed E-state index contributed by atoms with van der Waals surface area (Å²) < 4.78 is 5.66. The zero-order valence-electron chi connectivity index (χ0n) is 12.1. The molecule has 0 fully saturated rings. The van der Waals surface area contributed by atoms with Crippen LogP contribution in [0.25, 0.3) is 10.9 Å². The summed E-state index contributed by atoms with van der Waals surface area (Å²) in [5, 5.41) is 10.3. The molecule has 2 aromatic carbocycles. The maximum absolute atomic E-state index is 11.4. The third-order valence-electron chi connectivity index (χ3n) is 3.61. The van der Waals surface area contributed by atoms with Crippen molar-refractivity contribution in [1.29, 1.82) is 0 Å². The zero-order chi connectivity index (χ0) is 15.4. The average molecular weight is 295 g/mol. The van der Waals surface area contributed by atoms with Crippen molar-refractivity contribution in [2.75, 3.05) is 6.61 Å². The molecule has 0 atom stereocenters. The van der Waals surface area contributed by atoms with Crippen LogP contribution in [0.2, 0.25) is 0 Å². The lowest BCUT2D eigenvalue weighted by Crippen LogP contribution is -2.04. The Labute approximate surface area is 128 Å². The zero-order valence-corrected chi connectivity index (χ0v) is 12.1. The second-order valence-electron chi connectivity index (χ2n) is 5.09. The van der Waals surface area contributed by atoms with Crippen LogP contribution < -0.4 is 4.74 Å². The van der Waals surface area contributed by atoms with E-state index in [4.69, 9.17) is 4.74 Å². The van der Waals surface area contributed by atoms with E-state index in [0.717, 1.165) is 28.6 Å². The SMILES string of the molecule is O=C(O)c1[nH]c2ccccc2c1CCCOc1ccccc1. The number of carboxylic acids is 1. The molecule has 4 heteroatoms. The molecule has 0 spiro atoms. The van der Waals surface area contributed by atoms with Gasteiger partial charge in [0.15, 0.2) is 0 Å². The van der Waals surface area contributed by atoms with E-state index < -0.39 is 5.97 Å². The topological polar surface area (TPSA) is 62.3 Å². The molecule has 0 saturated carbocycles. The number of carbonyl (C=O) groups is 1. The fourth-order valence-corrected chi connectivity index (χ4v) is 2.60. The summed E-state index contributed by atoms with van der Waals surface area (Å²) in [5.41, 5.74) is 1.99. The number of rotatable bonds is 6. The second kappa shape index (κ2) is 6.35. The van der Waals surface area contributed by atoms with E-state index in [1.807, 2.05) is 54.6 Å². The van der Waals surface area contributed by atoms with Gasteiger partial charge in [-0.2, -0.15) is 0 Å². The van der Waals surface area contributed by atoms with Crippen molar-refractivity contribution >= 4 is 16.9 Å². The molecule has 1 aromatic heterocycles. The first-order valence-corrected chi connectivity index (χ1v) is 7.26. The first-order chi connectivity index (χ1) is 10.8. The number of fused-ring (bicyclic) bond motifs is 1. The molecule has 0 aliphatic carbocycles. The third-order valence-corrected chi connectivity index (χ3v) is 3.61. The number of aromatic carboxylic acids is 1. The standard InChI is InChI=1S/C18H17NO3/c20-18(21)17-15(14-9-4-5-11-16(14)19-17)10-6-12-22-13-7-2-1-3-8-13/h1-5,7-9,11,19H,6,10,12H2,(H,20,21). The number of aromatic amines is 1. The Kier molecular flexibility index (Phi) is 4.10. The van der Waals surface area contributed by atoms with E-state index in [1.54, 1.807) is 0 Å². The van der Waals surface area contributed by atoms with Gasteiger partial charge in [-0.1, -0.05) is 36.4 Å². The number of nitrogens with one attached hydrogen (secondary N) is 1. The van der Waals surface area contributed by atoms with Crippen molar-refractivity contribution in [2.24, 2.45) is 0 Å². The molecule has 0 saturated heterocycles. The quantitative estimate of drug-likeness (QED) is 0.678. The van der Waals surface area contributed by atoms with Crippen molar-refractivity contribution in [3.05, 3.63) is 65.9 Å². The molecular formula is C18H17NO3. The molecule has 22 heavy (non-hydrogen) atoms. The molecule has 1 heterocycles. The number of aryl methyl sites for hydroxylation is 1. The summed E-state index contributed by atoms with van der Waals surface area (Å²) in [5.74, 6) is -0.0879. The maximum Gasteiger partial charge on any atom is 0.352 e. The van der Waals surface area contributed by atoms with Crippen LogP contribution in [-0.2, 0) is 6.42 Å². The van der Waals surface area contributed by atoms with Crippen molar-refractivity contribution < 1.29 is 14.6 Å². The lowest BCUT2D eigenvalue weighted by Gasteiger charge is -2.06. The summed E-state index contributed by atoms with van der Waals surface area (Å²) in [7, 11) is 0. The summed E-state index contributed by atoms with van der Waals surface area (Å²) in [6, 6.07) is 17.3. The number of benzene rings is 2. The van der Waals surface area contributed by atoms with E-state index in [1.165, 1.54) is 0 Å². The minimum Gasteiger partial charge on any atom is -0.494 e. The highest BCUT2D eigenvalue weighted by atomic mass is 16.5. The Balaban J connectivity index is 1.70. The number of ether oxygens (including phenoxy) is 1. The molecular weight excluding hydrogens is 278 g/mol. The number of para-hydroxylation sites is 2. The van der Waals surface area contributed by atoms with Gasteiger partial charge in [-0.05, 0) is 36.6 Å². The molecule has 3 rings (SSSR count). The fraction of sp³-hybridized carbons (Fsp3) is 0.167. The number of hydrogen-bond donors (Lipinski definition) is 2. The smallest absolute Gasteiger partial charge is 0.352 e. The van der Waals surface area contributed by atoms with E-state index in [2.05, 4.69) is 4.98 Å². The Hall–Kier alpha value is -2.75. The van der Waals surface area contributed by atoms with Crippen LogP contribution in [0.1, 0.15) is 22.5 Å². The maximum atomic E-state index is 11.4. The minimum atomic E-state index is -0.921. The Morgan fingerprint density at radius 1 is 1.05 bits per heavy atom. The lowest BCUT2D eigenvalue weighted by atomic mass is 10.1. The molecule has 2 N–H and O–H groups in total. The van der Waals surface area contributed by atoms with Gasteiger partial charge >= 0.3 is 5.97 Å². The van der Waals surface area contributed by atoms with Gasteiger partial charge in [0.2, 0.25) is 0 Å². The minimum absolute atomic E-state index is 0.279. The highest BCUT2D eigenvalue weighted by molar-refractivity contribution is 5.97. The Morgan fingerprint density at radius 3 is 2.55 bits per heavy atom. The fourth-order valence-electron chi connectivity index (χ4n) is 2.60. The van der Waals surface area contributed by atoms with Gasteiger partial charge in [-0.15, -0.1) is 0 Å². The average Bonchev–Trinajstić information content (AvgIpc) is 2.92. The summed E-state index contributed by atoms with van der Waals surface area (Å²) >= 11 is 0. The van der Waals surface area contributed by atoms with Crippen molar-refractivity contribution in [3.8, 4) is 5.75 Å². The summed E-state index contributed by atoms with van der Waals surface area (Å²) in [6.07, 6.45) is 1.43. The van der Waals surface area contributed by atoms with E-state index in [-0.39, 0.29) is 5.69 Å². The number of hydrogen-bond acceptors (Lipinski definition) is 2. The third kappa shape index (κ3) is 2.96. The second-order valence-corrected chi connectivity index (χ2v) is 5.09. The van der Waals surface area contributed by atoms with Gasteiger partial charge in [0.1, 0.15) is 11.4 Å². The monoisotopic (exact) mass is 295 g/mol. The van der Waals surface area contributed by atoms with Gasteiger partial charge in [-0.25, -0.2) is 4.79 Å². The Bertz CT molecular complexity index is 777. The largest absolute Gasteiger partial charge is 0.494 e.